The molecule has 0 aromatic carbocycles. The van der Waals surface area contributed by atoms with Crippen LogP contribution in [0.25, 0.3) is 0 Å². The van der Waals surface area contributed by atoms with Crippen molar-refractivity contribution in [3.05, 3.63) is 0 Å². The highest BCUT2D eigenvalue weighted by Crippen LogP contribution is 2.68. The largest absolute Gasteiger partial charge is 0.397 e. The average molecular weight is 473 g/mol. The lowest BCUT2D eigenvalue weighted by Gasteiger charge is -2.61. The molecule has 4 aliphatic carbocycles. The predicted octanol–water partition coefficient (Wildman–Crippen LogP) is 5.79. The van der Waals surface area contributed by atoms with Gasteiger partial charge >= 0.3 is 10.4 Å². The Bertz CT molecular complexity index is 815. The Morgan fingerprint density at radius 1 is 1.06 bits per heavy atom. The number of hydrogen-bond acceptors (Lipinski definition) is 4. The molecule has 4 saturated carbocycles. The zero-order valence-electron chi connectivity index (χ0n) is 19.9. The molecule has 0 unspecified atom stereocenters. The lowest BCUT2D eigenvalue weighted by atomic mass is 9.44. The summed E-state index contributed by atoms with van der Waals surface area (Å²) in [6.45, 7) is 6.35. The Morgan fingerprint density at radius 2 is 1.75 bits per heavy atom. The molecule has 0 aromatic heterocycles. The topological polar surface area (TPSA) is 80.7 Å². The van der Waals surface area contributed by atoms with Crippen LogP contribution in [0.4, 0.5) is 4.39 Å². The first-order valence-corrected chi connectivity index (χ1v) is 14.1. The van der Waals surface area contributed by atoms with Crippen molar-refractivity contribution >= 4 is 16.2 Å². The molecule has 4 rings (SSSR count). The van der Waals surface area contributed by atoms with Crippen molar-refractivity contribution in [1.29, 1.82) is 0 Å². The number of halogens is 1. The van der Waals surface area contributed by atoms with Crippen LogP contribution in [0.3, 0.4) is 0 Å². The van der Waals surface area contributed by atoms with Gasteiger partial charge in [-0.15, -0.1) is 0 Å². The molecule has 4 fully saturated rings. The molecule has 0 saturated heterocycles. The van der Waals surface area contributed by atoms with Crippen molar-refractivity contribution in [2.75, 3.05) is 6.67 Å². The molecule has 0 heterocycles. The molecule has 0 aromatic rings. The van der Waals surface area contributed by atoms with E-state index in [-0.39, 0.29) is 11.2 Å². The Kier molecular flexibility index (Phi) is 6.85. The van der Waals surface area contributed by atoms with E-state index in [9.17, 15) is 17.6 Å². The summed E-state index contributed by atoms with van der Waals surface area (Å²) in [6, 6.07) is 0. The number of Topliss-reactive ketones (excluding diaryl/α,β-unsaturated/α-hetero) is 1. The molecular weight excluding hydrogens is 431 g/mol. The minimum Gasteiger partial charge on any atom is -0.297 e. The van der Waals surface area contributed by atoms with E-state index in [0.29, 0.717) is 41.9 Å². The maximum atomic E-state index is 12.6. The van der Waals surface area contributed by atoms with Gasteiger partial charge in [0.05, 0.1) is 6.10 Å². The average Bonchev–Trinajstić information content (AvgIpc) is 3.08. The Morgan fingerprint density at radius 3 is 2.44 bits per heavy atom. The first kappa shape index (κ1) is 24.6. The molecule has 0 radical (unpaired) electrons. The van der Waals surface area contributed by atoms with Gasteiger partial charge in [0.1, 0.15) is 6.67 Å². The smallest absolute Gasteiger partial charge is 0.297 e. The first-order chi connectivity index (χ1) is 15.0. The molecule has 9 atom stereocenters. The normalized spacial score (nSPS) is 44.9. The Labute approximate surface area is 193 Å². The summed E-state index contributed by atoms with van der Waals surface area (Å²) < 4.78 is 49.1. The van der Waals surface area contributed by atoms with Crippen molar-refractivity contribution in [1.82, 2.24) is 0 Å². The summed E-state index contributed by atoms with van der Waals surface area (Å²) >= 11 is 0. The zero-order valence-corrected chi connectivity index (χ0v) is 20.7. The first-order valence-electron chi connectivity index (χ1n) is 12.7. The summed E-state index contributed by atoms with van der Waals surface area (Å²) in [5, 5.41) is 0. The van der Waals surface area contributed by atoms with Gasteiger partial charge in [0.25, 0.3) is 0 Å². The second kappa shape index (κ2) is 8.92. The summed E-state index contributed by atoms with van der Waals surface area (Å²) in [5.74, 6) is 3.38. The Balaban J connectivity index is 1.45. The van der Waals surface area contributed by atoms with Crippen LogP contribution in [-0.2, 0) is 19.4 Å². The van der Waals surface area contributed by atoms with Crippen molar-refractivity contribution in [2.24, 2.45) is 46.3 Å². The molecule has 0 spiro atoms. The summed E-state index contributed by atoms with van der Waals surface area (Å²) in [5.41, 5.74) is 0.536. The number of carbonyl (C=O) groups excluding carboxylic acids is 1. The van der Waals surface area contributed by atoms with Gasteiger partial charge in [-0.3, -0.25) is 9.35 Å². The van der Waals surface area contributed by atoms with Crippen LogP contribution in [-0.4, -0.2) is 31.5 Å². The quantitative estimate of drug-likeness (QED) is 0.475. The lowest BCUT2D eigenvalue weighted by Crippen LogP contribution is -2.54. The maximum Gasteiger partial charge on any atom is 0.397 e. The van der Waals surface area contributed by atoms with Gasteiger partial charge in [-0.05, 0) is 111 Å². The van der Waals surface area contributed by atoms with Crippen molar-refractivity contribution in [2.45, 2.75) is 97.5 Å². The minimum absolute atomic E-state index is 0.223. The van der Waals surface area contributed by atoms with E-state index in [1.807, 2.05) is 0 Å². The van der Waals surface area contributed by atoms with Crippen molar-refractivity contribution in [3.63, 3.8) is 0 Å². The van der Waals surface area contributed by atoms with Crippen LogP contribution in [0.5, 0.6) is 0 Å². The van der Waals surface area contributed by atoms with E-state index < -0.39 is 23.2 Å². The molecule has 5 nitrogen and oxygen atoms in total. The van der Waals surface area contributed by atoms with Gasteiger partial charge in [0, 0.05) is 6.42 Å². The van der Waals surface area contributed by atoms with Gasteiger partial charge in [-0.25, -0.2) is 8.57 Å². The molecule has 32 heavy (non-hydrogen) atoms. The van der Waals surface area contributed by atoms with Crippen LogP contribution in [0.1, 0.15) is 91.4 Å². The van der Waals surface area contributed by atoms with E-state index >= 15 is 0 Å². The molecule has 0 aliphatic heterocycles. The van der Waals surface area contributed by atoms with Crippen molar-refractivity contribution in [3.8, 4) is 0 Å². The monoisotopic (exact) mass is 472 g/mol. The van der Waals surface area contributed by atoms with E-state index in [2.05, 4.69) is 20.8 Å². The van der Waals surface area contributed by atoms with E-state index in [1.54, 1.807) is 0 Å². The summed E-state index contributed by atoms with van der Waals surface area (Å²) in [7, 11) is -4.39. The van der Waals surface area contributed by atoms with E-state index in [1.165, 1.54) is 32.1 Å². The van der Waals surface area contributed by atoms with Crippen LogP contribution in [0.2, 0.25) is 0 Å². The molecule has 7 heteroatoms. The molecule has 4 aliphatic rings. The maximum absolute atomic E-state index is 12.6. The predicted molar refractivity (Wildman–Crippen MR) is 121 cm³/mol. The third kappa shape index (κ3) is 4.43. The highest BCUT2D eigenvalue weighted by Gasteiger charge is 2.60. The number of fused-ring (bicyclic) bond motifs is 5. The highest BCUT2D eigenvalue weighted by atomic mass is 32.3. The summed E-state index contributed by atoms with van der Waals surface area (Å²) in [4.78, 5) is 11.5. The number of carbonyl (C=O) groups is 1. The van der Waals surface area contributed by atoms with Gasteiger partial charge in [0.2, 0.25) is 0 Å². The number of alkyl halides is 1. The molecular formula is C25H41FO5S. The molecule has 1 N–H and O–H groups in total. The van der Waals surface area contributed by atoms with Crippen molar-refractivity contribution < 1.29 is 26.3 Å². The van der Waals surface area contributed by atoms with E-state index in [4.69, 9.17) is 8.74 Å². The van der Waals surface area contributed by atoms with Gasteiger partial charge < -0.3 is 0 Å². The number of ketones is 1. The van der Waals surface area contributed by atoms with Gasteiger partial charge in [-0.2, -0.15) is 8.42 Å². The number of rotatable bonds is 7. The van der Waals surface area contributed by atoms with Crippen LogP contribution in [0, 0.1) is 46.3 Å². The lowest BCUT2D eigenvalue weighted by molar-refractivity contribution is -0.127. The molecule has 0 bridgehead atoms. The Hall–Kier alpha value is -0.530. The minimum atomic E-state index is -4.39. The van der Waals surface area contributed by atoms with E-state index in [0.717, 1.165) is 37.5 Å². The van der Waals surface area contributed by atoms with Gasteiger partial charge in [0.15, 0.2) is 5.78 Å². The molecule has 0 amide bonds. The fraction of sp³-hybridized carbons (Fsp3) is 0.960. The standard InChI is InChI=1S/C25H41FO5S/c1-16(4-6-18(27)15-26)21-8-9-22-20-7-5-17-14-19(31-32(28,29)30)10-12-24(17,2)23(20)11-13-25(21,22)3/h16-17,19-23H,4-15H2,1-3H3,(H,28,29,30)/t16-,17-,19-,20+,21-,22+,23+,24+,25-/m1/s1. The third-order valence-electron chi connectivity index (χ3n) is 10.7. The SMILES string of the molecule is C[C@H](CCC(=O)CF)[C@H]1CC[C@H]2[C@@H]3CC[C@@H]4C[C@H](OS(=O)(=O)O)CC[C@]4(C)[C@H]3CC[C@]12C. The van der Waals surface area contributed by atoms with Crippen LogP contribution in [0.15, 0.2) is 0 Å². The second-order valence-corrected chi connectivity index (χ2v) is 13.0. The highest BCUT2D eigenvalue weighted by molar-refractivity contribution is 7.80. The summed E-state index contributed by atoms with van der Waals surface area (Å²) in [6.07, 6.45) is 10.4. The van der Waals surface area contributed by atoms with Crippen LogP contribution < -0.4 is 0 Å². The third-order valence-corrected chi connectivity index (χ3v) is 11.2. The fourth-order valence-electron chi connectivity index (χ4n) is 9.11. The second-order valence-electron chi connectivity index (χ2n) is 12.0. The molecule has 184 valence electrons. The van der Waals surface area contributed by atoms with Gasteiger partial charge in [-0.1, -0.05) is 20.8 Å². The number of hydrogen-bond donors (Lipinski definition) is 1. The van der Waals surface area contributed by atoms with Crippen LogP contribution >= 0.6 is 0 Å². The zero-order chi connectivity index (χ0) is 23.3. The fourth-order valence-corrected chi connectivity index (χ4v) is 9.63.